The molecule has 1 aliphatic rings. The van der Waals surface area contributed by atoms with E-state index < -0.39 is 0 Å². The van der Waals surface area contributed by atoms with Crippen LogP contribution >= 0.6 is 0 Å². The van der Waals surface area contributed by atoms with Gasteiger partial charge in [0.2, 0.25) is 0 Å². The zero-order valence-electron chi connectivity index (χ0n) is 14.1. The summed E-state index contributed by atoms with van der Waals surface area (Å²) in [6.45, 7) is 6.75. The van der Waals surface area contributed by atoms with E-state index in [4.69, 9.17) is 14.7 Å². The molecule has 2 rings (SSSR count). The number of hydrogen-bond acceptors (Lipinski definition) is 4. The van der Waals surface area contributed by atoms with Gasteiger partial charge in [0.1, 0.15) is 11.4 Å². The first-order valence-corrected chi connectivity index (χ1v) is 8.10. The van der Waals surface area contributed by atoms with Crippen LogP contribution in [0.25, 0.3) is 0 Å². The maximum atomic E-state index is 5.92. The normalized spacial score (nSPS) is 26.1. The Labute approximate surface area is 128 Å². The number of anilines is 1. The van der Waals surface area contributed by atoms with Gasteiger partial charge in [-0.25, -0.2) is 9.97 Å². The second-order valence-corrected chi connectivity index (χ2v) is 6.80. The van der Waals surface area contributed by atoms with E-state index in [0.717, 1.165) is 42.5 Å². The fourth-order valence-electron chi connectivity index (χ4n) is 3.10. The van der Waals surface area contributed by atoms with E-state index in [-0.39, 0.29) is 5.60 Å². The monoisotopic (exact) mass is 291 g/mol. The van der Waals surface area contributed by atoms with Crippen molar-refractivity contribution < 1.29 is 4.74 Å². The van der Waals surface area contributed by atoms with E-state index in [1.807, 2.05) is 7.05 Å². The summed E-state index contributed by atoms with van der Waals surface area (Å²) in [5.41, 5.74) is 0.805. The van der Waals surface area contributed by atoms with Crippen LogP contribution < -0.4 is 5.32 Å². The van der Waals surface area contributed by atoms with E-state index in [9.17, 15) is 0 Å². The van der Waals surface area contributed by atoms with E-state index >= 15 is 0 Å². The molecule has 1 aromatic rings. The predicted molar refractivity (Wildman–Crippen MR) is 86.4 cm³/mol. The van der Waals surface area contributed by atoms with Gasteiger partial charge in [-0.1, -0.05) is 20.8 Å². The average Bonchev–Trinajstić information content (AvgIpc) is 2.47. The van der Waals surface area contributed by atoms with Crippen molar-refractivity contribution in [3.63, 3.8) is 0 Å². The Morgan fingerprint density at radius 1 is 1.33 bits per heavy atom. The Bertz CT molecular complexity index is 465. The summed E-state index contributed by atoms with van der Waals surface area (Å²) in [7, 11) is 3.71. The van der Waals surface area contributed by atoms with Crippen LogP contribution in [0, 0.1) is 11.8 Å². The standard InChI is InChI=1S/C17H29N3O/c1-12(2)10-14-11-15(18-4)20-16(19-14)17(21-5)8-6-13(3)7-9-17/h11-13H,6-10H2,1-5H3,(H,18,19,20). The lowest BCUT2D eigenvalue weighted by molar-refractivity contribution is -0.0597. The largest absolute Gasteiger partial charge is 0.373 e. The van der Waals surface area contributed by atoms with Crippen molar-refractivity contribution in [3.8, 4) is 0 Å². The third kappa shape index (κ3) is 3.73. The zero-order valence-corrected chi connectivity index (χ0v) is 14.1. The molecule has 1 aliphatic carbocycles. The van der Waals surface area contributed by atoms with Gasteiger partial charge in [0.05, 0.1) is 0 Å². The lowest BCUT2D eigenvalue weighted by atomic mass is 9.79. The van der Waals surface area contributed by atoms with E-state index in [0.29, 0.717) is 5.92 Å². The molecule has 0 radical (unpaired) electrons. The first kappa shape index (κ1) is 16.2. The molecule has 1 fully saturated rings. The van der Waals surface area contributed by atoms with Crippen molar-refractivity contribution in [1.29, 1.82) is 0 Å². The molecule has 4 heteroatoms. The molecule has 0 aliphatic heterocycles. The SMILES string of the molecule is CNc1cc(CC(C)C)nc(C2(OC)CCC(C)CC2)n1. The number of hydrogen-bond donors (Lipinski definition) is 1. The van der Waals surface area contributed by atoms with Crippen LogP contribution in [0.5, 0.6) is 0 Å². The molecule has 118 valence electrons. The maximum absolute atomic E-state index is 5.92. The molecular formula is C17H29N3O. The van der Waals surface area contributed by atoms with Crippen LogP contribution in [0.3, 0.4) is 0 Å². The Morgan fingerprint density at radius 3 is 2.52 bits per heavy atom. The van der Waals surface area contributed by atoms with Crippen molar-refractivity contribution in [3.05, 3.63) is 17.6 Å². The molecule has 1 heterocycles. The summed E-state index contributed by atoms with van der Waals surface area (Å²) in [4.78, 5) is 9.54. The highest BCUT2D eigenvalue weighted by atomic mass is 16.5. The summed E-state index contributed by atoms with van der Waals surface area (Å²) in [5.74, 6) is 3.11. The molecule has 0 amide bonds. The molecule has 0 atom stereocenters. The van der Waals surface area contributed by atoms with Crippen LogP contribution in [-0.2, 0) is 16.8 Å². The fourth-order valence-corrected chi connectivity index (χ4v) is 3.10. The van der Waals surface area contributed by atoms with E-state index in [1.54, 1.807) is 7.11 Å². The van der Waals surface area contributed by atoms with Crippen molar-refractivity contribution in [2.75, 3.05) is 19.5 Å². The van der Waals surface area contributed by atoms with Gasteiger partial charge in [-0.3, -0.25) is 0 Å². The Morgan fingerprint density at radius 2 is 2.00 bits per heavy atom. The van der Waals surface area contributed by atoms with Gasteiger partial charge in [-0.2, -0.15) is 0 Å². The Kier molecular flexibility index (Phi) is 5.20. The first-order chi connectivity index (χ1) is 9.99. The molecule has 1 saturated carbocycles. The fraction of sp³-hybridized carbons (Fsp3) is 0.765. The summed E-state index contributed by atoms with van der Waals surface area (Å²) in [6, 6.07) is 2.05. The third-order valence-corrected chi connectivity index (χ3v) is 4.53. The quantitative estimate of drug-likeness (QED) is 0.897. The van der Waals surface area contributed by atoms with Gasteiger partial charge in [0.15, 0.2) is 5.82 Å². The van der Waals surface area contributed by atoms with Crippen molar-refractivity contribution in [1.82, 2.24) is 9.97 Å². The van der Waals surface area contributed by atoms with E-state index in [2.05, 4.69) is 32.2 Å². The lowest BCUT2D eigenvalue weighted by Gasteiger charge is -2.37. The molecule has 1 N–H and O–H groups in total. The maximum Gasteiger partial charge on any atom is 0.162 e. The number of nitrogens with zero attached hydrogens (tertiary/aromatic N) is 2. The van der Waals surface area contributed by atoms with Crippen LogP contribution in [0.15, 0.2) is 6.07 Å². The summed E-state index contributed by atoms with van der Waals surface area (Å²) in [5, 5.41) is 3.16. The van der Waals surface area contributed by atoms with Crippen molar-refractivity contribution >= 4 is 5.82 Å². The molecule has 0 unspecified atom stereocenters. The van der Waals surface area contributed by atoms with Gasteiger partial charge < -0.3 is 10.1 Å². The smallest absolute Gasteiger partial charge is 0.162 e. The molecule has 0 spiro atoms. The Hall–Kier alpha value is -1.16. The minimum atomic E-state index is -0.300. The first-order valence-electron chi connectivity index (χ1n) is 8.10. The number of aromatic nitrogens is 2. The highest BCUT2D eigenvalue weighted by Crippen LogP contribution is 2.41. The van der Waals surface area contributed by atoms with Gasteiger partial charge in [-0.15, -0.1) is 0 Å². The number of ether oxygens (including phenoxy) is 1. The predicted octanol–water partition coefficient (Wildman–Crippen LogP) is 3.77. The average molecular weight is 291 g/mol. The van der Waals surface area contributed by atoms with Gasteiger partial charge >= 0.3 is 0 Å². The molecule has 1 aromatic heterocycles. The topological polar surface area (TPSA) is 47.0 Å². The number of methoxy groups -OCH3 is 1. The minimum Gasteiger partial charge on any atom is -0.373 e. The lowest BCUT2D eigenvalue weighted by Crippen LogP contribution is -2.35. The van der Waals surface area contributed by atoms with Crippen LogP contribution in [0.4, 0.5) is 5.82 Å². The summed E-state index contributed by atoms with van der Waals surface area (Å²) < 4.78 is 5.92. The molecule has 0 saturated heterocycles. The number of rotatable bonds is 5. The molecule has 0 aromatic carbocycles. The zero-order chi connectivity index (χ0) is 15.5. The van der Waals surface area contributed by atoms with Crippen molar-refractivity contribution in [2.45, 2.75) is 58.5 Å². The number of nitrogens with one attached hydrogen (secondary N) is 1. The Balaban J connectivity index is 2.35. The molecular weight excluding hydrogens is 262 g/mol. The third-order valence-electron chi connectivity index (χ3n) is 4.53. The van der Waals surface area contributed by atoms with Gasteiger partial charge in [-0.05, 0) is 43.9 Å². The highest BCUT2D eigenvalue weighted by molar-refractivity contribution is 5.36. The van der Waals surface area contributed by atoms with Crippen LogP contribution in [0.1, 0.15) is 58.0 Å². The van der Waals surface area contributed by atoms with Crippen LogP contribution in [-0.4, -0.2) is 24.1 Å². The molecule has 21 heavy (non-hydrogen) atoms. The van der Waals surface area contributed by atoms with Crippen molar-refractivity contribution in [2.24, 2.45) is 11.8 Å². The molecule has 4 nitrogen and oxygen atoms in total. The van der Waals surface area contributed by atoms with Gasteiger partial charge in [0, 0.05) is 25.9 Å². The summed E-state index contributed by atoms with van der Waals surface area (Å²) >= 11 is 0. The molecule has 0 bridgehead atoms. The second kappa shape index (κ2) is 6.73. The summed E-state index contributed by atoms with van der Waals surface area (Å²) in [6.07, 6.45) is 5.36. The second-order valence-electron chi connectivity index (χ2n) is 6.80. The van der Waals surface area contributed by atoms with E-state index in [1.165, 1.54) is 12.8 Å². The highest BCUT2D eigenvalue weighted by Gasteiger charge is 2.39. The minimum absolute atomic E-state index is 0.300. The van der Waals surface area contributed by atoms with Gasteiger partial charge in [0.25, 0.3) is 0 Å². The van der Waals surface area contributed by atoms with Crippen LogP contribution in [0.2, 0.25) is 0 Å².